The van der Waals surface area contributed by atoms with Gasteiger partial charge in [0, 0.05) is 33.1 Å². The summed E-state index contributed by atoms with van der Waals surface area (Å²) < 4.78 is 32.1. The Morgan fingerprint density at radius 2 is 1.58 bits per heavy atom. The summed E-state index contributed by atoms with van der Waals surface area (Å²) in [6.07, 6.45) is 0.962. The largest absolute Gasteiger partial charge is 0.379 e. The number of benzene rings is 2. The summed E-state index contributed by atoms with van der Waals surface area (Å²) in [5.74, 6) is 0.557. The predicted molar refractivity (Wildman–Crippen MR) is 121 cm³/mol. The molecular formula is C24H32N2O4S. The Labute approximate surface area is 185 Å². The predicted octanol–water partition coefficient (Wildman–Crippen LogP) is 3.42. The van der Waals surface area contributed by atoms with Crippen LogP contribution in [0.1, 0.15) is 42.9 Å². The topological polar surface area (TPSA) is 66.9 Å². The third kappa shape index (κ3) is 6.15. The summed E-state index contributed by atoms with van der Waals surface area (Å²) >= 11 is 0. The van der Waals surface area contributed by atoms with Crippen LogP contribution in [0.2, 0.25) is 0 Å². The maximum atomic E-state index is 12.7. The van der Waals surface area contributed by atoms with Gasteiger partial charge in [0.25, 0.3) is 0 Å². The Morgan fingerprint density at radius 1 is 1.00 bits per heavy atom. The number of amides is 1. The molecule has 2 aromatic rings. The lowest BCUT2D eigenvalue weighted by molar-refractivity contribution is -0.130. The van der Waals surface area contributed by atoms with Gasteiger partial charge in [0.05, 0.1) is 18.1 Å². The van der Waals surface area contributed by atoms with Gasteiger partial charge in [0.2, 0.25) is 15.9 Å². The lowest BCUT2D eigenvalue weighted by atomic mass is 10.0. The maximum absolute atomic E-state index is 12.7. The van der Waals surface area contributed by atoms with Crippen LogP contribution >= 0.6 is 0 Å². The number of nitrogens with zero attached hydrogens (tertiary/aromatic N) is 2. The van der Waals surface area contributed by atoms with E-state index in [2.05, 4.69) is 38.1 Å². The van der Waals surface area contributed by atoms with Gasteiger partial charge in [0.15, 0.2) is 0 Å². The molecule has 6 nitrogen and oxygen atoms in total. The summed E-state index contributed by atoms with van der Waals surface area (Å²) in [6.45, 7) is 6.51. The van der Waals surface area contributed by atoms with Crippen molar-refractivity contribution in [2.24, 2.45) is 0 Å². The smallest absolute Gasteiger partial charge is 0.243 e. The Morgan fingerprint density at radius 3 is 2.16 bits per heavy atom. The molecule has 0 spiro atoms. The van der Waals surface area contributed by atoms with E-state index in [1.807, 2.05) is 7.05 Å². The Hall–Kier alpha value is -2.22. The van der Waals surface area contributed by atoms with Crippen molar-refractivity contribution in [3.8, 4) is 0 Å². The van der Waals surface area contributed by atoms with Crippen LogP contribution in [0.3, 0.4) is 0 Å². The number of rotatable bonds is 8. The Bertz CT molecular complexity index is 964. The number of aryl methyl sites for hydroxylation is 1. The number of carbonyl (C=O) groups excluding carboxylic acids is 1. The number of hydrogen-bond donors (Lipinski definition) is 0. The zero-order valence-corrected chi connectivity index (χ0v) is 19.4. The molecule has 0 N–H and O–H groups in total. The van der Waals surface area contributed by atoms with Crippen LogP contribution < -0.4 is 0 Å². The van der Waals surface area contributed by atoms with Gasteiger partial charge in [-0.15, -0.1) is 0 Å². The highest BCUT2D eigenvalue weighted by Crippen LogP contribution is 2.19. The zero-order valence-electron chi connectivity index (χ0n) is 18.6. The monoisotopic (exact) mass is 444 g/mol. The van der Waals surface area contributed by atoms with Crippen LogP contribution in [-0.4, -0.2) is 56.9 Å². The van der Waals surface area contributed by atoms with Gasteiger partial charge in [-0.25, -0.2) is 8.42 Å². The molecular weight excluding hydrogens is 412 g/mol. The van der Waals surface area contributed by atoms with Crippen molar-refractivity contribution in [3.63, 3.8) is 0 Å². The van der Waals surface area contributed by atoms with E-state index in [1.165, 1.54) is 9.87 Å². The molecule has 0 unspecified atom stereocenters. The molecule has 31 heavy (non-hydrogen) atoms. The Balaban J connectivity index is 1.52. The summed E-state index contributed by atoms with van der Waals surface area (Å²) in [5, 5.41) is 0. The summed E-state index contributed by atoms with van der Waals surface area (Å²) in [5.41, 5.74) is 3.35. The van der Waals surface area contributed by atoms with Gasteiger partial charge >= 0.3 is 0 Å². The first-order chi connectivity index (χ1) is 14.8. The molecule has 1 amide bonds. The van der Waals surface area contributed by atoms with E-state index >= 15 is 0 Å². The first-order valence-corrected chi connectivity index (χ1v) is 12.2. The molecule has 7 heteroatoms. The molecule has 0 aliphatic carbocycles. The van der Waals surface area contributed by atoms with Gasteiger partial charge in [-0.05, 0) is 41.2 Å². The van der Waals surface area contributed by atoms with E-state index in [-0.39, 0.29) is 10.8 Å². The van der Waals surface area contributed by atoms with Gasteiger partial charge in [-0.3, -0.25) is 4.79 Å². The van der Waals surface area contributed by atoms with Crippen LogP contribution in [0.15, 0.2) is 53.4 Å². The molecule has 1 aliphatic heterocycles. The van der Waals surface area contributed by atoms with Gasteiger partial charge < -0.3 is 9.64 Å². The first kappa shape index (κ1) is 23.4. The highest BCUT2D eigenvalue weighted by molar-refractivity contribution is 7.89. The zero-order chi connectivity index (χ0) is 22.4. The molecule has 1 heterocycles. The van der Waals surface area contributed by atoms with E-state index in [0.717, 1.165) is 11.1 Å². The van der Waals surface area contributed by atoms with E-state index in [4.69, 9.17) is 4.74 Å². The van der Waals surface area contributed by atoms with Crippen molar-refractivity contribution < 1.29 is 17.9 Å². The minimum absolute atomic E-state index is 0.0675. The molecule has 0 bridgehead atoms. The van der Waals surface area contributed by atoms with Crippen molar-refractivity contribution >= 4 is 15.9 Å². The standard InChI is InChI=1S/C24H32N2O4S/c1-19(2)22-9-4-21(5-10-22)18-25(3)24(27)13-8-20-6-11-23(12-7-20)31(28,29)26-14-16-30-17-15-26/h4-7,9-12,19H,8,13-18H2,1-3H3. The number of sulfonamides is 1. The molecule has 0 saturated carbocycles. The summed E-state index contributed by atoms with van der Waals surface area (Å²) in [4.78, 5) is 14.6. The molecule has 0 radical (unpaired) electrons. The summed E-state index contributed by atoms with van der Waals surface area (Å²) in [6, 6.07) is 15.2. The molecule has 0 aromatic heterocycles. The first-order valence-electron chi connectivity index (χ1n) is 10.8. The fourth-order valence-electron chi connectivity index (χ4n) is 3.58. The highest BCUT2D eigenvalue weighted by atomic mass is 32.2. The Kier molecular flexibility index (Phi) is 7.86. The van der Waals surface area contributed by atoms with E-state index in [0.29, 0.717) is 51.6 Å². The van der Waals surface area contributed by atoms with Crippen molar-refractivity contribution in [2.45, 2.75) is 44.0 Å². The van der Waals surface area contributed by atoms with Gasteiger partial charge in [-0.1, -0.05) is 50.2 Å². The van der Waals surface area contributed by atoms with Gasteiger partial charge in [0.1, 0.15) is 0 Å². The van der Waals surface area contributed by atoms with E-state index < -0.39 is 10.0 Å². The van der Waals surface area contributed by atoms with Crippen molar-refractivity contribution in [3.05, 3.63) is 65.2 Å². The highest BCUT2D eigenvalue weighted by Gasteiger charge is 2.26. The average Bonchev–Trinajstić information content (AvgIpc) is 2.78. The summed E-state index contributed by atoms with van der Waals surface area (Å²) in [7, 11) is -1.67. The minimum atomic E-state index is -3.49. The number of morpholine rings is 1. The molecule has 0 atom stereocenters. The van der Waals surface area contributed by atoms with Crippen molar-refractivity contribution in [1.29, 1.82) is 0 Å². The van der Waals surface area contributed by atoms with Crippen LogP contribution in [0.5, 0.6) is 0 Å². The second-order valence-corrected chi connectivity index (χ2v) is 10.2. The molecule has 1 saturated heterocycles. The van der Waals surface area contributed by atoms with Gasteiger partial charge in [-0.2, -0.15) is 4.31 Å². The number of hydrogen-bond acceptors (Lipinski definition) is 4. The van der Waals surface area contributed by atoms with E-state index in [9.17, 15) is 13.2 Å². The second kappa shape index (κ2) is 10.4. The SMILES string of the molecule is CC(C)c1ccc(CN(C)C(=O)CCc2ccc(S(=O)(=O)N3CCOCC3)cc2)cc1. The fourth-order valence-corrected chi connectivity index (χ4v) is 4.98. The maximum Gasteiger partial charge on any atom is 0.243 e. The molecule has 1 fully saturated rings. The van der Waals surface area contributed by atoms with Crippen LogP contribution in [-0.2, 0) is 32.5 Å². The average molecular weight is 445 g/mol. The second-order valence-electron chi connectivity index (χ2n) is 8.31. The molecule has 2 aromatic carbocycles. The van der Waals surface area contributed by atoms with Crippen LogP contribution in [0, 0.1) is 0 Å². The lowest BCUT2D eigenvalue weighted by Crippen LogP contribution is -2.40. The van der Waals surface area contributed by atoms with Crippen LogP contribution in [0.25, 0.3) is 0 Å². The minimum Gasteiger partial charge on any atom is -0.379 e. The van der Waals surface area contributed by atoms with E-state index in [1.54, 1.807) is 29.2 Å². The lowest BCUT2D eigenvalue weighted by Gasteiger charge is -2.26. The number of carbonyl (C=O) groups is 1. The van der Waals surface area contributed by atoms with Crippen molar-refractivity contribution in [2.75, 3.05) is 33.4 Å². The van der Waals surface area contributed by atoms with Crippen molar-refractivity contribution in [1.82, 2.24) is 9.21 Å². The quantitative estimate of drug-likeness (QED) is 0.626. The van der Waals surface area contributed by atoms with Crippen LogP contribution in [0.4, 0.5) is 0 Å². The third-order valence-electron chi connectivity index (χ3n) is 5.65. The fraction of sp³-hybridized carbons (Fsp3) is 0.458. The number of ether oxygens (including phenoxy) is 1. The third-order valence-corrected chi connectivity index (χ3v) is 7.56. The molecule has 1 aliphatic rings. The normalized spacial score (nSPS) is 15.2. The molecule has 3 rings (SSSR count). The molecule has 168 valence electrons.